The molecule has 118 valence electrons. The number of diazo groups is 1. The molecule has 2 heterocycles. The van der Waals surface area contributed by atoms with Crippen LogP contribution in [0.3, 0.4) is 0 Å². The SMILES string of the molecule is COc1c[nH]c(CN(CC(=O)N2CCOCC2)[N+]#N)cc1=O. The number of carbonyl (C=O) groups excluding carboxylic acids is 1. The average molecular weight is 308 g/mol. The fourth-order valence-corrected chi connectivity index (χ4v) is 2.14. The van der Waals surface area contributed by atoms with Crippen molar-refractivity contribution in [2.45, 2.75) is 6.54 Å². The van der Waals surface area contributed by atoms with Crippen LogP contribution in [0.4, 0.5) is 0 Å². The summed E-state index contributed by atoms with van der Waals surface area (Å²) >= 11 is 0. The number of hydrogen-bond donors (Lipinski definition) is 1. The van der Waals surface area contributed by atoms with Gasteiger partial charge in [-0.15, -0.1) is 0 Å². The van der Waals surface area contributed by atoms with E-state index in [2.05, 4.69) is 10.1 Å². The zero-order valence-corrected chi connectivity index (χ0v) is 12.3. The van der Waals surface area contributed by atoms with E-state index < -0.39 is 0 Å². The zero-order valence-electron chi connectivity index (χ0n) is 12.3. The normalized spacial score (nSPS) is 14.3. The molecule has 0 spiro atoms. The molecule has 9 heteroatoms. The quantitative estimate of drug-likeness (QED) is 0.597. The number of amides is 1. The van der Waals surface area contributed by atoms with E-state index in [-0.39, 0.29) is 30.2 Å². The molecule has 1 N–H and O–H groups in total. The number of rotatable bonds is 5. The summed E-state index contributed by atoms with van der Waals surface area (Å²) in [5.74, 6) is 0.0394. The number of H-pyrrole nitrogens is 1. The molecule has 0 unspecified atom stereocenters. The molecule has 2 rings (SSSR count). The van der Waals surface area contributed by atoms with Gasteiger partial charge in [-0.05, 0) is 5.01 Å². The van der Waals surface area contributed by atoms with Gasteiger partial charge in [0, 0.05) is 31.0 Å². The van der Waals surface area contributed by atoms with E-state index in [0.717, 1.165) is 0 Å². The van der Waals surface area contributed by atoms with E-state index in [1.807, 2.05) is 0 Å². The van der Waals surface area contributed by atoms with Crippen LogP contribution in [0.1, 0.15) is 5.69 Å². The first-order valence-corrected chi connectivity index (χ1v) is 6.85. The predicted molar refractivity (Wildman–Crippen MR) is 76.5 cm³/mol. The molecule has 0 aromatic carbocycles. The summed E-state index contributed by atoms with van der Waals surface area (Å²) in [6.07, 6.45) is 1.43. The number of pyridine rings is 1. The molecule has 1 aliphatic rings. The van der Waals surface area contributed by atoms with Crippen LogP contribution in [0.25, 0.3) is 5.08 Å². The summed E-state index contributed by atoms with van der Waals surface area (Å²) in [6.45, 7) is 2.09. The highest BCUT2D eigenvalue weighted by molar-refractivity contribution is 5.78. The number of aromatic amines is 1. The third kappa shape index (κ3) is 3.95. The highest BCUT2D eigenvalue weighted by atomic mass is 16.5. The van der Waals surface area contributed by atoms with Gasteiger partial charge < -0.3 is 19.4 Å². The fourth-order valence-electron chi connectivity index (χ4n) is 2.14. The van der Waals surface area contributed by atoms with Gasteiger partial charge in [-0.2, -0.15) is 0 Å². The molecule has 1 saturated heterocycles. The first-order valence-electron chi connectivity index (χ1n) is 6.85. The van der Waals surface area contributed by atoms with E-state index >= 15 is 0 Å². The molecule has 1 aromatic heterocycles. The first-order chi connectivity index (χ1) is 10.6. The van der Waals surface area contributed by atoms with E-state index in [0.29, 0.717) is 32.0 Å². The Bertz CT molecular complexity index is 618. The number of aromatic nitrogens is 1. The van der Waals surface area contributed by atoms with Crippen molar-refractivity contribution < 1.29 is 14.3 Å². The lowest BCUT2D eigenvalue weighted by atomic mass is 10.3. The maximum Gasteiger partial charge on any atom is 0.306 e. The van der Waals surface area contributed by atoms with E-state index in [1.165, 1.54) is 24.4 Å². The van der Waals surface area contributed by atoms with Crippen LogP contribution in [0, 0.1) is 5.39 Å². The van der Waals surface area contributed by atoms with Gasteiger partial charge in [0.05, 0.1) is 20.3 Å². The minimum absolute atomic E-state index is 0.0788. The molecule has 9 nitrogen and oxygen atoms in total. The van der Waals surface area contributed by atoms with Crippen molar-refractivity contribution in [3.63, 3.8) is 0 Å². The number of nitrogens with zero attached hydrogens (tertiary/aromatic N) is 4. The minimum atomic E-state index is -0.284. The summed E-state index contributed by atoms with van der Waals surface area (Å²) in [7, 11) is 1.40. The maximum absolute atomic E-state index is 12.1. The number of nitrogens with one attached hydrogen (secondary N) is 1. The number of ether oxygens (including phenoxy) is 2. The van der Waals surface area contributed by atoms with Crippen molar-refractivity contribution in [1.29, 1.82) is 5.39 Å². The Morgan fingerprint density at radius 3 is 2.86 bits per heavy atom. The van der Waals surface area contributed by atoms with Gasteiger partial charge in [-0.1, -0.05) is 0 Å². The standard InChI is InChI=1S/C13H17N5O4/c1-21-12-7-15-10(6-11(12)19)8-18(16-14)9-13(20)17-2-4-22-5-3-17/h6-7H,2-5,8-9H2,1H3/p+1. The number of hydrogen-bond acceptors (Lipinski definition) is 6. The van der Waals surface area contributed by atoms with Crippen molar-refractivity contribution >= 4 is 5.91 Å². The van der Waals surface area contributed by atoms with Crippen LogP contribution in [0.2, 0.25) is 0 Å². The zero-order chi connectivity index (χ0) is 15.9. The third-order valence-electron chi connectivity index (χ3n) is 3.32. The lowest BCUT2D eigenvalue weighted by molar-refractivity contribution is -0.136. The highest BCUT2D eigenvalue weighted by Gasteiger charge is 2.25. The summed E-state index contributed by atoms with van der Waals surface area (Å²) in [5, 5.41) is 13.3. The molecule has 1 aliphatic heterocycles. The Kier molecular flexibility index (Phi) is 5.32. The van der Waals surface area contributed by atoms with Crippen LogP contribution in [-0.4, -0.2) is 60.8 Å². The van der Waals surface area contributed by atoms with Gasteiger partial charge in [0.1, 0.15) is 6.54 Å². The lowest BCUT2D eigenvalue weighted by Crippen LogP contribution is -2.44. The lowest BCUT2D eigenvalue weighted by Gasteiger charge is -2.26. The molecule has 0 radical (unpaired) electrons. The smallest absolute Gasteiger partial charge is 0.306 e. The second-order valence-corrected chi connectivity index (χ2v) is 4.80. The van der Waals surface area contributed by atoms with Gasteiger partial charge in [0.15, 0.2) is 12.3 Å². The molecule has 22 heavy (non-hydrogen) atoms. The Morgan fingerprint density at radius 2 is 2.27 bits per heavy atom. The molecule has 1 aromatic rings. The van der Waals surface area contributed by atoms with Crippen molar-refractivity contribution in [3.8, 4) is 5.75 Å². The topological polar surface area (TPSA) is 103 Å². The van der Waals surface area contributed by atoms with E-state index in [4.69, 9.17) is 14.9 Å². The van der Waals surface area contributed by atoms with Crippen LogP contribution < -0.4 is 10.2 Å². The van der Waals surface area contributed by atoms with E-state index in [1.54, 1.807) is 4.90 Å². The summed E-state index contributed by atoms with van der Waals surface area (Å²) < 4.78 is 10.1. The summed E-state index contributed by atoms with van der Waals surface area (Å²) in [4.78, 5) is 28.3. The number of morpholine rings is 1. The van der Waals surface area contributed by atoms with Gasteiger partial charge in [-0.25, -0.2) is 0 Å². The van der Waals surface area contributed by atoms with Crippen molar-refractivity contribution in [3.05, 3.63) is 33.3 Å². The second-order valence-electron chi connectivity index (χ2n) is 4.80. The fraction of sp³-hybridized carbons (Fsp3) is 0.538. The van der Waals surface area contributed by atoms with E-state index in [9.17, 15) is 9.59 Å². The number of carbonyl (C=O) groups is 1. The van der Waals surface area contributed by atoms with Crippen LogP contribution in [-0.2, 0) is 16.1 Å². The molecule has 1 fully saturated rings. The Morgan fingerprint density at radius 1 is 1.55 bits per heavy atom. The molecule has 0 atom stereocenters. The Balaban J connectivity index is 1.97. The molecule has 1 amide bonds. The van der Waals surface area contributed by atoms with Crippen LogP contribution in [0.15, 0.2) is 17.1 Å². The molecular formula is C13H18N5O4+. The van der Waals surface area contributed by atoms with Crippen molar-refractivity contribution in [1.82, 2.24) is 14.9 Å². The van der Waals surface area contributed by atoms with Crippen molar-refractivity contribution in [2.75, 3.05) is 40.0 Å². The molecule has 0 saturated carbocycles. The van der Waals surface area contributed by atoms with Crippen LogP contribution >= 0.6 is 0 Å². The Hall–Kier alpha value is -2.60. The summed E-state index contributed by atoms with van der Waals surface area (Å²) in [5.41, 5.74) is 0.229. The van der Waals surface area contributed by atoms with Gasteiger partial charge in [0.2, 0.25) is 11.3 Å². The van der Waals surface area contributed by atoms with Crippen molar-refractivity contribution in [2.24, 2.45) is 0 Å². The van der Waals surface area contributed by atoms with Gasteiger partial charge >= 0.3 is 5.08 Å². The number of methoxy groups -OCH3 is 1. The van der Waals surface area contributed by atoms with Gasteiger partial charge in [-0.3, -0.25) is 9.59 Å². The Labute approximate surface area is 127 Å². The largest absolute Gasteiger partial charge is 0.491 e. The minimum Gasteiger partial charge on any atom is -0.491 e. The first kappa shape index (κ1) is 15.8. The molecule has 0 bridgehead atoms. The van der Waals surface area contributed by atoms with Gasteiger partial charge in [0.25, 0.3) is 5.39 Å². The monoisotopic (exact) mass is 308 g/mol. The molecular weight excluding hydrogens is 290 g/mol. The average Bonchev–Trinajstić information content (AvgIpc) is 2.55. The second kappa shape index (κ2) is 7.42. The molecule has 0 aliphatic carbocycles. The van der Waals surface area contributed by atoms with Crippen LogP contribution in [0.5, 0.6) is 5.75 Å². The highest BCUT2D eigenvalue weighted by Crippen LogP contribution is 2.06. The third-order valence-corrected chi connectivity index (χ3v) is 3.32. The predicted octanol–water partition coefficient (Wildman–Crippen LogP) is -0.188. The summed E-state index contributed by atoms with van der Waals surface area (Å²) in [6, 6.07) is 1.34. The maximum atomic E-state index is 12.1.